The number of carbonyl (C=O) groups excluding carboxylic acids is 1. The standard InChI is InChI=1S/C18H15FN2O/c1-11-7-8-15(19)17(9-11)21-18(22)14-10-12(2)20-16-6-4-3-5-13(14)16/h3-10H,1-2H3,(H,21,22). The van der Waals surface area contributed by atoms with Crippen LogP contribution in [0.3, 0.4) is 0 Å². The quantitative estimate of drug-likeness (QED) is 0.768. The van der Waals surface area contributed by atoms with Gasteiger partial charge in [0.15, 0.2) is 0 Å². The average molecular weight is 294 g/mol. The van der Waals surface area contributed by atoms with E-state index >= 15 is 0 Å². The Hall–Kier alpha value is -2.75. The SMILES string of the molecule is Cc1ccc(F)c(NC(=O)c2cc(C)nc3ccccc23)c1. The Morgan fingerprint density at radius 2 is 1.86 bits per heavy atom. The van der Waals surface area contributed by atoms with E-state index in [1.165, 1.54) is 6.07 Å². The van der Waals surface area contributed by atoms with Crippen LogP contribution in [0, 0.1) is 19.7 Å². The van der Waals surface area contributed by atoms with Crippen LogP contribution >= 0.6 is 0 Å². The predicted octanol–water partition coefficient (Wildman–Crippen LogP) is 4.24. The van der Waals surface area contributed by atoms with Gasteiger partial charge in [-0.2, -0.15) is 0 Å². The molecule has 0 bridgehead atoms. The van der Waals surface area contributed by atoms with Crippen LogP contribution in [-0.2, 0) is 0 Å². The molecule has 0 atom stereocenters. The van der Waals surface area contributed by atoms with Crippen LogP contribution in [0.25, 0.3) is 10.9 Å². The molecule has 3 aromatic rings. The number of aryl methyl sites for hydroxylation is 2. The summed E-state index contributed by atoms with van der Waals surface area (Å²) in [7, 11) is 0. The van der Waals surface area contributed by atoms with E-state index in [1.807, 2.05) is 38.1 Å². The van der Waals surface area contributed by atoms with E-state index in [0.717, 1.165) is 22.2 Å². The van der Waals surface area contributed by atoms with Crippen LogP contribution in [0.15, 0.2) is 48.5 Å². The van der Waals surface area contributed by atoms with Gasteiger partial charge in [0.1, 0.15) is 5.82 Å². The number of hydrogen-bond acceptors (Lipinski definition) is 2. The number of para-hydroxylation sites is 1. The second-order valence-corrected chi connectivity index (χ2v) is 5.27. The number of nitrogens with one attached hydrogen (secondary N) is 1. The molecule has 0 unspecified atom stereocenters. The van der Waals surface area contributed by atoms with Crippen LogP contribution in [0.2, 0.25) is 0 Å². The van der Waals surface area contributed by atoms with Gasteiger partial charge in [0.05, 0.1) is 16.8 Å². The van der Waals surface area contributed by atoms with Gasteiger partial charge in [-0.1, -0.05) is 24.3 Å². The number of hydrogen-bond donors (Lipinski definition) is 1. The normalized spacial score (nSPS) is 10.7. The molecule has 110 valence electrons. The maximum absolute atomic E-state index is 13.8. The molecule has 0 fully saturated rings. The van der Waals surface area contributed by atoms with Crippen molar-refractivity contribution in [3.8, 4) is 0 Å². The molecule has 1 aromatic heterocycles. The molecule has 1 heterocycles. The van der Waals surface area contributed by atoms with Crippen molar-refractivity contribution < 1.29 is 9.18 Å². The highest BCUT2D eigenvalue weighted by atomic mass is 19.1. The summed E-state index contributed by atoms with van der Waals surface area (Å²) < 4.78 is 13.8. The Kier molecular flexibility index (Phi) is 3.59. The van der Waals surface area contributed by atoms with E-state index < -0.39 is 5.82 Å². The van der Waals surface area contributed by atoms with Crippen molar-refractivity contribution in [3.05, 3.63) is 71.2 Å². The first-order chi connectivity index (χ1) is 10.5. The van der Waals surface area contributed by atoms with Crippen LogP contribution in [0.1, 0.15) is 21.6 Å². The third-order valence-corrected chi connectivity index (χ3v) is 3.46. The van der Waals surface area contributed by atoms with Gasteiger partial charge in [0.25, 0.3) is 5.91 Å². The van der Waals surface area contributed by atoms with E-state index in [4.69, 9.17) is 0 Å². The Morgan fingerprint density at radius 1 is 1.09 bits per heavy atom. The van der Waals surface area contributed by atoms with Crippen molar-refractivity contribution in [3.63, 3.8) is 0 Å². The van der Waals surface area contributed by atoms with E-state index in [9.17, 15) is 9.18 Å². The van der Waals surface area contributed by atoms with Crippen molar-refractivity contribution in [2.24, 2.45) is 0 Å². The number of pyridine rings is 1. The first-order valence-electron chi connectivity index (χ1n) is 6.98. The number of nitrogens with zero attached hydrogens (tertiary/aromatic N) is 1. The van der Waals surface area contributed by atoms with Gasteiger partial charge >= 0.3 is 0 Å². The van der Waals surface area contributed by atoms with Gasteiger partial charge in [-0.15, -0.1) is 0 Å². The molecule has 0 radical (unpaired) electrons. The summed E-state index contributed by atoms with van der Waals surface area (Å²) in [6.45, 7) is 3.68. The molecule has 4 heteroatoms. The largest absolute Gasteiger partial charge is 0.319 e. The highest BCUT2D eigenvalue weighted by Gasteiger charge is 2.14. The molecule has 0 saturated heterocycles. The van der Waals surface area contributed by atoms with Gasteiger partial charge in [-0.05, 0) is 43.7 Å². The Labute approximate surface area is 127 Å². The summed E-state index contributed by atoms with van der Waals surface area (Å²) in [5.41, 5.74) is 3.05. The second-order valence-electron chi connectivity index (χ2n) is 5.27. The molecular formula is C18H15FN2O. The van der Waals surface area contributed by atoms with Crippen LogP contribution < -0.4 is 5.32 Å². The fourth-order valence-corrected chi connectivity index (χ4v) is 2.42. The highest BCUT2D eigenvalue weighted by Crippen LogP contribution is 2.21. The van der Waals surface area contributed by atoms with Gasteiger partial charge < -0.3 is 5.32 Å². The van der Waals surface area contributed by atoms with Crippen molar-refractivity contribution in [2.45, 2.75) is 13.8 Å². The molecule has 0 saturated carbocycles. The first kappa shape index (κ1) is 14.2. The minimum absolute atomic E-state index is 0.184. The Morgan fingerprint density at radius 3 is 2.68 bits per heavy atom. The highest BCUT2D eigenvalue weighted by molar-refractivity contribution is 6.12. The molecule has 0 aliphatic heterocycles. The Balaban J connectivity index is 2.04. The zero-order valence-electron chi connectivity index (χ0n) is 12.4. The van der Waals surface area contributed by atoms with Gasteiger partial charge in [-0.3, -0.25) is 9.78 Å². The summed E-state index contributed by atoms with van der Waals surface area (Å²) in [5.74, 6) is -0.791. The Bertz CT molecular complexity index is 874. The smallest absolute Gasteiger partial charge is 0.256 e. The lowest BCUT2D eigenvalue weighted by Crippen LogP contribution is -2.14. The predicted molar refractivity (Wildman–Crippen MR) is 85.6 cm³/mol. The number of rotatable bonds is 2. The molecule has 0 aliphatic carbocycles. The molecule has 0 aliphatic rings. The second kappa shape index (κ2) is 5.56. The monoisotopic (exact) mass is 294 g/mol. The zero-order chi connectivity index (χ0) is 15.7. The third kappa shape index (κ3) is 2.68. The average Bonchev–Trinajstić information content (AvgIpc) is 2.50. The van der Waals surface area contributed by atoms with Crippen molar-refractivity contribution in [1.29, 1.82) is 0 Å². The van der Waals surface area contributed by atoms with Gasteiger partial charge in [0.2, 0.25) is 0 Å². The lowest BCUT2D eigenvalue weighted by Gasteiger charge is -2.10. The van der Waals surface area contributed by atoms with E-state index in [0.29, 0.717) is 5.56 Å². The molecule has 1 amide bonds. The summed E-state index contributed by atoms with van der Waals surface area (Å²) in [5, 5.41) is 3.39. The van der Waals surface area contributed by atoms with Gasteiger partial charge in [-0.25, -0.2) is 4.39 Å². The number of aromatic nitrogens is 1. The summed E-state index contributed by atoms with van der Waals surface area (Å²) in [6.07, 6.45) is 0. The molecular weight excluding hydrogens is 279 g/mol. The van der Waals surface area contributed by atoms with Crippen molar-refractivity contribution in [1.82, 2.24) is 4.98 Å². The fourth-order valence-electron chi connectivity index (χ4n) is 2.42. The number of benzene rings is 2. The van der Waals surface area contributed by atoms with Crippen molar-refractivity contribution >= 4 is 22.5 Å². The number of halogens is 1. The lowest BCUT2D eigenvalue weighted by atomic mass is 10.1. The topological polar surface area (TPSA) is 42.0 Å². The number of anilines is 1. The van der Waals surface area contributed by atoms with E-state index in [1.54, 1.807) is 18.2 Å². The molecule has 3 nitrogen and oxygen atoms in total. The van der Waals surface area contributed by atoms with Crippen molar-refractivity contribution in [2.75, 3.05) is 5.32 Å². The molecule has 2 aromatic carbocycles. The molecule has 1 N–H and O–H groups in total. The number of carbonyl (C=O) groups is 1. The molecule has 22 heavy (non-hydrogen) atoms. The minimum atomic E-state index is -0.450. The van der Waals surface area contributed by atoms with Crippen LogP contribution in [0.4, 0.5) is 10.1 Å². The van der Waals surface area contributed by atoms with Crippen LogP contribution in [-0.4, -0.2) is 10.9 Å². The maximum Gasteiger partial charge on any atom is 0.256 e. The van der Waals surface area contributed by atoms with Crippen LogP contribution in [0.5, 0.6) is 0 Å². The lowest BCUT2D eigenvalue weighted by molar-refractivity contribution is 0.102. The van der Waals surface area contributed by atoms with E-state index in [-0.39, 0.29) is 11.6 Å². The van der Waals surface area contributed by atoms with Gasteiger partial charge in [0, 0.05) is 11.1 Å². The number of amides is 1. The van der Waals surface area contributed by atoms with E-state index in [2.05, 4.69) is 10.3 Å². The maximum atomic E-state index is 13.8. The zero-order valence-corrected chi connectivity index (χ0v) is 12.4. The molecule has 0 spiro atoms. The summed E-state index contributed by atoms with van der Waals surface area (Å²) in [4.78, 5) is 16.9. The summed E-state index contributed by atoms with van der Waals surface area (Å²) in [6, 6.07) is 13.8. The minimum Gasteiger partial charge on any atom is -0.319 e. The summed E-state index contributed by atoms with van der Waals surface area (Å²) >= 11 is 0. The fraction of sp³-hybridized carbons (Fsp3) is 0.111. The number of fused-ring (bicyclic) bond motifs is 1. The first-order valence-corrected chi connectivity index (χ1v) is 6.98. The molecule has 3 rings (SSSR count). The third-order valence-electron chi connectivity index (χ3n) is 3.46.